The number of aromatic hydroxyl groups is 1. The smallest absolute Gasteiger partial charge is 0.261 e. The van der Waals surface area contributed by atoms with Crippen molar-refractivity contribution >= 4 is 11.8 Å². The first kappa shape index (κ1) is 16.1. The van der Waals surface area contributed by atoms with Crippen LogP contribution in [-0.2, 0) is 6.42 Å². The second kappa shape index (κ2) is 6.98. The van der Waals surface area contributed by atoms with Crippen LogP contribution in [0.5, 0.6) is 5.88 Å². The van der Waals surface area contributed by atoms with Gasteiger partial charge in [0, 0.05) is 11.3 Å². The van der Waals surface area contributed by atoms with E-state index in [0.717, 1.165) is 12.8 Å². The molecular formula is C14H24N2O2S. The van der Waals surface area contributed by atoms with Crippen LogP contribution in [0.4, 0.5) is 0 Å². The molecule has 1 aromatic rings. The van der Waals surface area contributed by atoms with Crippen molar-refractivity contribution in [3.63, 3.8) is 0 Å². The molecule has 1 aromatic heterocycles. The van der Waals surface area contributed by atoms with Crippen LogP contribution in [0.2, 0.25) is 0 Å². The summed E-state index contributed by atoms with van der Waals surface area (Å²) in [4.78, 5) is 16.7. The molecule has 0 spiro atoms. The van der Waals surface area contributed by atoms with Crippen LogP contribution in [-0.4, -0.2) is 19.9 Å². The maximum Gasteiger partial charge on any atom is 0.261 e. The molecule has 19 heavy (non-hydrogen) atoms. The minimum Gasteiger partial charge on any atom is -0.493 e. The quantitative estimate of drug-likeness (QED) is 0.643. The summed E-state index contributed by atoms with van der Waals surface area (Å²) in [7, 11) is 0. The Morgan fingerprint density at radius 2 is 1.89 bits per heavy atom. The maximum atomic E-state index is 12.5. The van der Waals surface area contributed by atoms with Crippen LogP contribution >= 0.6 is 11.8 Å². The Morgan fingerprint density at radius 1 is 1.26 bits per heavy atom. The van der Waals surface area contributed by atoms with Gasteiger partial charge < -0.3 is 5.11 Å². The van der Waals surface area contributed by atoms with Gasteiger partial charge in [-0.25, -0.2) is 0 Å². The fourth-order valence-corrected chi connectivity index (χ4v) is 2.81. The van der Waals surface area contributed by atoms with Crippen molar-refractivity contribution in [1.82, 2.24) is 9.55 Å². The van der Waals surface area contributed by atoms with Gasteiger partial charge >= 0.3 is 0 Å². The molecule has 0 aliphatic heterocycles. The summed E-state index contributed by atoms with van der Waals surface area (Å²) < 4.78 is 1.73. The lowest BCUT2D eigenvalue weighted by molar-refractivity contribution is 0.402. The molecule has 1 heterocycles. The van der Waals surface area contributed by atoms with Gasteiger partial charge in [-0.3, -0.25) is 9.36 Å². The topological polar surface area (TPSA) is 55.1 Å². The summed E-state index contributed by atoms with van der Waals surface area (Å²) in [6.07, 6.45) is 2.36. The van der Waals surface area contributed by atoms with Gasteiger partial charge in [0.05, 0.1) is 5.56 Å². The van der Waals surface area contributed by atoms with Crippen molar-refractivity contribution in [2.45, 2.75) is 70.3 Å². The van der Waals surface area contributed by atoms with E-state index in [1.165, 1.54) is 0 Å². The van der Waals surface area contributed by atoms with Crippen LogP contribution in [0, 0.1) is 0 Å². The third-order valence-corrected chi connectivity index (χ3v) is 4.66. The van der Waals surface area contributed by atoms with Gasteiger partial charge in [0.15, 0.2) is 5.16 Å². The standard InChI is InChI=1S/C14H24N2O2S/c1-6-9(4)16-13(18)11(8-3)12(17)15-14(16)19-10(5)7-2/h9-10,17H,6-8H2,1-5H3/t9-,10+/m0/s1. The number of rotatable bonds is 6. The molecule has 2 atom stereocenters. The molecule has 108 valence electrons. The third kappa shape index (κ3) is 3.53. The second-order valence-electron chi connectivity index (χ2n) is 4.82. The van der Waals surface area contributed by atoms with Crippen molar-refractivity contribution in [2.24, 2.45) is 0 Å². The second-order valence-corrected chi connectivity index (χ2v) is 6.22. The van der Waals surface area contributed by atoms with E-state index in [1.54, 1.807) is 16.3 Å². The van der Waals surface area contributed by atoms with Crippen LogP contribution < -0.4 is 5.56 Å². The number of thioether (sulfide) groups is 1. The van der Waals surface area contributed by atoms with Crippen molar-refractivity contribution in [3.8, 4) is 5.88 Å². The molecular weight excluding hydrogens is 260 g/mol. The maximum absolute atomic E-state index is 12.5. The van der Waals surface area contributed by atoms with E-state index >= 15 is 0 Å². The predicted octanol–water partition coefficient (Wildman–Crippen LogP) is 3.37. The summed E-state index contributed by atoms with van der Waals surface area (Å²) in [5.74, 6) is -0.113. The lowest BCUT2D eigenvalue weighted by Gasteiger charge is -2.20. The molecule has 0 saturated heterocycles. The minimum atomic E-state index is -0.113. The molecule has 4 nitrogen and oxygen atoms in total. The zero-order chi connectivity index (χ0) is 14.6. The first-order valence-electron chi connectivity index (χ1n) is 6.97. The zero-order valence-electron chi connectivity index (χ0n) is 12.4. The Bertz CT molecular complexity index is 485. The van der Waals surface area contributed by atoms with Crippen LogP contribution in [0.1, 0.15) is 59.1 Å². The highest BCUT2D eigenvalue weighted by atomic mass is 32.2. The number of nitrogens with zero attached hydrogens (tertiary/aromatic N) is 2. The average Bonchev–Trinajstić information content (AvgIpc) is 2.38. The SMILES string of the molecule is CCc1c(O)nc(S[C@H](C)CC)n([C@@H](C)CC)c1=O. The molecule has 0 unspecified atom stereocenters. The Hall–Kier alpha value is -0.970. The Labute approximate surface area is 119 Å². The summed E-state index contributed by atoms with van der Waals surface area (Å²) in [6, 6.07) is 0.0949. The van der Waals surface area contributed by atoms with Gasteiger partial charge in [0.1, 0.15) is 0 Å². The lowest BCUT2D eigenvalue weighted by atomic mass is 10.2. The Morgan fingerprint density at radius 3 is 2.37 bits per heavy atom. The molecule has 0 saturated carbocycles. The van der Waals surface area contributed by atoms with Crippen molar-refractivity contribution in [1.29, 1.82) is 0 Å². The van der Waals surface area contributed by atoms with Gasteiger partial charge in [0.2, 0.25) is 5.88 Å². The predicted molar refractivity (Wildman–Crippen MR) is 80.2 cm³/mol. The van der Waals surface area contributed by atoms with E-state index in [-0.39, 0.29) is 17.5 Å². The third-order valence-electron chi connectivity index (χ3n) is 3.42. The minimum absolute atomic E-state index is 0.0949. The number of hydrogen-bond donors (Lipinski definition) is 1. The van der Waals surface area contributed by atoms with Gasteiger partial charge in [-0.2, -0.15) is 4.98 Å². The van der Waals surface area contributed by atoms with Crippen molar-refractivity contribution in [2.75, 3.05) is 0 Å². The van der Waals surface area contributed by atoms with Crippen LogP contribution in [0.3, 0.4) is 0 Å². The molecule has 0 aliphatic carbocycles. The lowest BCUT2D eigenvalue weighted by Crippen LogP contribution is -2.29. The van der Waals surface area contributed by atoms with Crippen LogP contribution in [0.25, 0.3) is 0 Å². The molecule has 0 amide bonds. The highest BCUT2D eigenvalue weighted by Crippen LogP contribution is 2.27. The highest BCUT2D eigenvalue weighted by Gasteiger charge is 2.19. The number of aromatic nitrogens is 2. The molecule has 1 rings (SSSR count). The molecule has 1 N–H and O–H groups in total. The van der Waals surface area contributed by atoms with Gasteiger partial charge in [-0.1, -0.05) is 39.5 Å². The number of hydrogen-bond acceptors (Lipinski definition) is 4. The van der Waals surface area contributed by atoms with E-state index in [4.69, 9.17) is 0 Å². The largest absolute Gasteiger partial charge is 0.493 e. The summed E-state index contributed by atoms with van der Waals surface area (Å²) >= 11 is 1.55. The normalized spacial score (nSPS) is 14.4. The summed E-state index contributed by atoms with van der Waals surface area (Å²) in [5.41, 5.74) is 0.309. The Balaban J connectivity index is 3.40. The van der Waals surface area contributed by atoms with Gasteiger partial charge in [-0.15, -0.1) is 0 Å². The first-order chi connectivity index (χ1) is 8.96. The van der Waals surface area contributed by atoms with E-state index in [9.17, 15) is 9.90 Å². The molecule has 0 bridgehead atoms. The van der Waals surface area contributed by atoms with E-state index in [0.29, 0.717) is 22.4 Å². The molecule has 0 fully saturated rings. The molecule has 0 aliphatic rings. The van der Waals surface area contributed by atoms with E-state index in [2.05, 4.69) is 18.8 Å². The summed E-state index contributed by atoms with van der Waals surface area (Å²) in [5, 5.41) is 10.9. The molecule has 0 aromatic carbocycles. The Kier molecular flexibility index (Phi) is 5.91. The fourth-order valence-electron chi connectivity index (χ4n) is 1.77. The monoisotopic (exact) mass is 284 g/mol. The first-order valence-corrected chi connectivity index (χ1v) is 7.85. The van der Waals surface area contributed by atoms with E-state index in [1.807, 2.05) is 20.8 Å². The van der Waals surface area contributed by atoms with E-state index < -0.39 is 0 Å². The zero-order valence-corrected chi connectivity index (χ0v) is 13.3. The highest BCUT2D eigenvalue weighted by molar-refractivity contribution is 7.99. The fraction of sp³-hybridized carbons (Fsp3) is 0.714. The molecule has 0 radical (unpaired) electrons. The van der Waals surface area contributed by atoms with Crippen molar-refractivity contribution < 1.29 is 5.11 Å². The summed E-state index contributed by atoms with van der Waals surface area (Å²) in [6.45, 7) is 10.1. The average molecular weight is 284 g/mol. The van der Waals surface area contributed by atoms with Crippen LogP contribution in [0.15, 0.2) is 9.95 Å². The van der Waals surface area contributed by atoms with Gasteiger partial charge in [-0.05, 0) is 26.2 Å². The van der Waals surface area contributed by atoms with Crippen molar-refractivity contribution in [3.05, 3.63) is 15.9 Å². The van der Waals surface area contributed by atoms with Gasteiger partial charge in [0.25, 0.3) is 5.56 Å². The molecule has 5 heteroatoms.